The molecule has 0 atom stereocenters. The highest BCUT2D eigenvalue weighted by Crippen LogP contribution is 2.37. The van der Waals surface area contributed by atoms with E-state index in [4.69, 9.17) is 32.7 Å². The summed E-state index contributed by atoms with van der Waals surface area (Å²) in [5.74, 6) is 1.40. The van der Waals surface area contributed by atoms with Crippen LogP contribution in [0.25, 0.3) is 0 Å². The highest BCUT2D eigenvalue weighted by molar-refractivity contribution is 9.10. The molecule has 0 saturated heterocycles. The molecule has 0 unspecified atom stereocenters. The van der Waals surface area contributed by atoms with E-state index in [1.54, 1.807) is 13.2 Å². The van der Waals surface area contributed by atoms with Crippen LogP contribution in [0.4, 0.5) is 0 Å². The molecule has 2 aromatic carbocycles. The third kappa shape index (κ3) is 5.77. The van der Waals surface area contributed by atoms with Gasteiger partial charge < -0.3 is 14.8 Å². The summed E-state index contributed by atoms with van der Waals surface area (Å²) >= 11 is 15.7. The van der Waals surface area contributed by atoms with Gasteiger partial charge >= 0.3 is 0 Å². The van der Waals surface area contributed by atoms with Crippen molar-refractivity contribution in [1.29, 1.82) is 0 Å². The summed E-state index contributed by atoms with van der Waals surface area (Å²) in [7, 11) is 1.66. The molecule has 0 spiro atoms. The lowest BCUT2D eigenvalue weighted by Gasteiger charge is -2.23. The second kappa shape index (κ2) is 10.0. The smallest absolute Gasteiger partial charge is 0.175 e. The Morgan fingerprint density at radius 1 is 1.04 bits per heavy atom. The second-order valence-corrected chi connectivity index (χ2v) is 8.53. The number of benzene rings is 2. The molecule has 0 aliphatic heterocycles. The van der Waals surface area contributed by atoms with Gasteiger partial charge in [-0.05, 0) is 64.2 Å². The minimum Gasteiger partial charge on any atom is -0.493 e. The molecule has 0 bridgehead atoms. The Morgan fingerprint density at radius 2 is 1.81 bits per heavy atom. The third-order valence-electron chi connectivity index (χ3n) is 4.86. The predicted octanol–water partition coefficient (Wildman–Crippen LogP) is 6.77. The Balaban J connectivity index is 1.66. The molecule has 1 saturated carbocycles. The quantitative estimate of drug-likeness (QED) is 0.482. The zero-order valence-electron chi connectivity index (χ0n) is 15.4. The zero-order chi connectivity index (χ0) is 19.2. The number of hydrogen-bond acceptors (Lipinski definition) is 3. The monoisotopic (exact) mass is 471 g/mol. The summed E-state index contributed by atoms with van der Waals surface area (Å²) in [6.45, 7) is 1.21. The van der Waals surface area contributed by atoms with Crippen molar-refractivity contribution in [3.05, 3.63) is 56.0 Å². The molecule has 2 aromatic rings. The lowest BCUT2D eigenvalue weighted by atomic mass is 9.95. The van der Waals surface area contributed by atoms with Crippen LogP contribution in [0.2, 0.25) is 10.0 Å². The van der Waals surface area contributed by atoms with Gasteiger partial charge in [-0.2, -0.15) is 0 Å². The average Bonchev–Trinajstić information content (AvgIpc) is 2.68. The van der Waals surface area contributed by atoms with Crippen molar-refractivity contribution < 1.29 is 9.47 Å². The summed E-state index contributed by atoms with van der Waals surface area (Å²) in [4.78, 5) is 0. The van der Waals surface area contributed by atoms with Crippen molar-refractivity contribution in [1.82, 2.24) is 5.32 Å². The van der Waals surface area contributed by atoms with Crippen LogP contribution in [0.5, 0.6) is 11.5 Å². The van der Waals surface area contributed by atoms with Crippen LogP contribution >= 0.6 is 39.1 Å². The Kier molecular flexibility index (Phi) is 7.71. The van der Waals surface area contributed by atoms with Crippen LogP contribution in [-0.4, -0.2) is 13.2 Å². The van der Waals surface area contributed by atoms with Crippen molar-refractivity contribution in [2.24, 2.45) is 0 Å². The Hall–Kier alpha value is -0.940. The molecular formula is C21H24BrCl2NO2. The van der Waals surface area contributed by atoms with Crippen molar-refractivity contribution in [2.75, 3.05) is 7.11 Å². The van der Waals surface area contributed by atoms with Crippen LogP contribution in [0.15, 0.2) is 34.8 Å². The Labute approximate surface area is 179 Å². The highest BCUT2D eigenvalue weighted by atomic mass is 79.9. The first kappa shape index (κ1) is 20.8. The molecule has 1 aliphatic rings. The maximum Gasteiger partial charge on any atom is 0.175 e. The van der Waals surface area contributed by atoms with Gasteiger partial charge in [0.05, 0.1) is 21.6 Å². The lowest BCUT2D eigenvalue weighted by Crippen LogP contribution is -2.30. The number of nitrogens with one attached hydrogen (secondary N) is 1. The topological polar surface area (TPSA) is 30.5 Å². The van der Waals surface area contributed by atoms with Gasteiger partial charge in [0.25, 0.3) is 0 Å². The van der Waals surface area contributed by atoms with Gasteiger partial charge in [0, 0.05) is 12.6 Å². The maximum atomic E-state index is 6.08. The molecule has 6 heteroatoms. The van der Waals surface area contributed by atoms with E-state index >= 15 is 0 Å². The number of halogens is 3. The molecular weight excluding hydrogens is 449 g/mol. The summed E-state index contributed by atoms with van der Waals surface area (Å²) < 4.78 is 12.4. The molecule has 0 radical (unpaired) electrons. The van der Waals surface area contributed by atoms with Crippen molar-refractivity contribution in [2.45, 2.75) is 51.3 Å². The van der Waals surface area contributed by atoms with E-state index in [1.807, 2.05) is 18.2 Å². The number of methoxy groups -OCH3 is 1. The van der Waals surface area contributed by atoms with E-state index in [9.17, 15) is 0 Å². The number of rotatable bonds is 7. The minimum atomic E-state index is 0.380. The second-order valence-electron chi connectivity index (χ2n) is 6.86. The zero-order valence-corrected chi connectivity index (χ0v) is 18.5. The van der Waals surface area contributed by atoms with E-state index < -0.39 is 0 Å². The molecule has 3 rings (SSSR count). The van der Waals surface area contributed by atoms with Gasteiger partial charge in [-0.15, -0.1) is 0 Å². The molecule has 3 nitrogen and oxygen atoms in total. The van der Waals surface area contributed by atoms with Gasteiger partial charge in [0.1, 0.15) is 6.61 Å². The first-order valence-electron chi connectivity index (χ1n) is 9.23. The first-order valence-corrected chi connectivity index (χ1v) is 10.8. The molecule has 1 fully saturated rings. The SMILES string of the molecule is COc1cc(CNC2CCCCC2)cc(Br)c1OCc1ccc(Cl)c(Cl)c1. The summed E-state index contributed by atoms with van der Waals surface area (Å²) in [5.41, 5.74) is 2.12. The highest BCUT2D eigenvalue weighted by Gasteiger charge is 2.15. The van der Waals surface area contributed by atoms with Gasteiger partial charge in [-0.1, -0.05) is 48.5 Å². The number of ether oxygens (including phenoxy) is 2. The molecule has 1 aliphatic carbocycles. The number of hydrogen-bond donors (Lipinski definition) is 1. The maximum absolute atomic E-state index is 6.08. The summed E-state index contributed by atoms with van der Waals surface area (Å²) in [6.07, 6.45) is 6.55. The largest absolute Gasteiger partial charge is 0.493 e. The first-order chi connectivity index (χ1) is 13.1. The fourth-order valence-electron chi connectivity index (χ4n) is 3.37. The van der Waals surface area contributed by atoms with Crippen molar-refractivity contribution in [3.63, 3.8) is 0 Å². The van der Waals surface area contributed by atoms with E-state index in [0.29, 0.717) is 34.2 Å². The Bertz CT molecular complexity index is 779. The predicted molar refractivity (Wildman–Crippen MR) is 115 cm³/mol. The van der Waals surface area contributed by atoms with Crippen LogP contribution in [0.1, 0.15) is 43.2 Å². The van der Waals surface area contributed by atoms with E-state index in [1.165, 1.54) is 37.7 Å². The van der Waals surface area contributed by atoms with E-state index in [0.717, 1.165) is 16.6 Å². The molecule has 146 valence electrons. The Morgan fingerprint density at radius 3 is 2.52 bits per heavy atom. The fraction of sp³-hybridized carbons (Fsp3) is 0.429. The third-order valence-corrected chi connectivity index (χ3v) is 6.18. The molecule has 27 heavy (non-hydrogen) atoms. The van der Waals surface area contributed by atoms with Gasteiger partial charge in [-0.3, -0.25) is 0 Å². The summed E-state index contributed by atoms with van der Waals surface area (Å²) in [6, 6.07) is 10.2. The fourth-order valence-corrected chi connectivity index (χ4v) is 4.29. The van der Waals surface area contributed by atoms with Crippen molar-refractivity contribution in [3.8, 4) is 11.5 Å². The van der Waals surface area contributed by atoms with Gasteiger partial charge in [0.2, 0.25) is 0 Å². The molecule has 0 heterocycles. The molecule has 0 aromatic heterocycles. The standard InChI is InChI=1S/C21H24BrCl2NO2/c1-26-20-11-15(12-25-16-5-3-2-4-6-16)9-17(22)21(20)27-13-14-7-8-18(23)19(24)10-14/h7-11,16,25H,2-6,12-13H2,1H3. The normalized spacial score (nSPS) is 15.0. The van der Waals surface area contributed by atoms with E-state index in [-0.39, 0.29) is 0 Å². The summed E-state index contributed by atoms with van der Waals surface area (Å²) in [5, 5.41) is 4.72. The van der Waals surface area contributed by atoms with Gasteiger partial charge in [0.15, 0.2) is 11.5 Å². The van der Waals surface area contributed by atoms with Crippen molar-refractivity contribution >= 4 is 39.1 Å². The average molecular weight is 473 g/mol. The van der Waals surface area contributed by atoms with Gasteiger partial charge in [-0.25, -0.2) is 0 Å². The molecule has 0 amide bonds. The van der Waals surface area contributed by atoms with Crippen LogP contribution in [0.3, 0.4) is 0 Å². The minimum absolute atomic E-state index is 0.380. The van der Waals surface area contributed by atoms with Crippen LogP contribution < -0.4 is 14.8 Å². The van der Waals surface area contributed by atoms with Crippen LogP contribution in [-0.2, 0) is 13.2 Å². The van der Waals surface area contributed by atoms with Crippen LogP contribution in [0, 0.1) is 0 Å². The lowest BCUT2D eigenvalue weighted by molar-refractivity contribution is 0.282. The molecule has 1 N–H and O–H groups in total. The van der Waals surface area contributed by atoms with E-state index in [2.05, 4.69) is 27.3 Å².